The first-order valence-corrected chi connectivity index (χ1v) is 8.71. The van der Waals surface area contributed by atoms with Gasteiger partial charge in [-0.1, -0.05) is 20.8 Å². The van der Waals surface area contributed by atoms with E-state index >= 15 is 0 Å². The molecule has 6 heteroatoms. The van der Waals surface area contributed by atoms with Crippen molar-refractivity contribution in [1.29, 1.82) is 0 Å². The van der Waals surface area contributed by atoms with Crippen LogP contribution in [0.4, 0.5) is 0 Å². The molecule has 1 saturated carbocycles. The Hall–Kier alpha value is -0.170. The Balaban J connectivity index is 2.22. The lowest BCUT2D eigenvalue weighted by atomic mass is 10.1. The Bertz CT molecular complexity index is 353. The van der Waals surface area contributed by atoms with Gasteiger partial charge in [0, 0.05) is 26.2 Å². The summed E-state index contributed by atoms with van der Waals surface area (Å²) in [7, 11) is -1.67. The highest BCUT2D eigenvalue weighted by molar-refractivity contribution is 7.87. The summed E-state index contributed by atoms with van der Waals surface area (Å²) in [6, 6.07) is 0.444. The molecule has 0 aromatic heterocycles. The molecular formula is C13H29N3O2S. The fraction of sp³-hybridized carbons (Fsp3) is 1.00. The zero-order valence-electron chi connectivity index (χ0n) is 12.6. The fourth-order valence-electron chi connectivity index (χ4n) is 1.99. The van der Waals surface area contributed by atoms with Crippen LogP contribution in [0, 0.1) is 11.8 Å². The minimum Gasteiger partial charge on any atom is -0.314 e. The number of hydrogen-bond donors (Lipinski definition) is 2. The minimum atomic E-state index is -3.31. The van der Waals surface area contributed by atoms with Gasteiger partial charge in [0.15, 0.2) is 0 Å². The summed E-state index contributed by atoms with van der Waals surface area (Å²) in [6.07, 6.45) is 3.33. The van der Waals surface area contributed by atoms with Gasteiger partial charge in [-0.25, -0.2) is 4.72 Å². The van der Waals surface area contributed by atoms with Gasteiger partial charge in [0.2, 0.25) is 0 Å². The summed E-state index contributed by atoms with van der Waals surface area (Å²) in [5, 5.41) is 3.28. The molecule has 2 N–H and O–H groups in total. The quantitative estimate of drug-likeness (QED) is 0.594. The van der Waals surface area contributed by atoms with E-state index in [0.29, 0.717) is 25.0 Å². The molecule has 0 radical (unpaired) electrons. The molecule has 19 heavy (non-hydrogen) atoms. The van der Waals surface area contributed by atoms with Crippen LogP contribution in [0.3, 0.4) is 0 Å². The van der Waals surface area contributed by atoms with Crippen molar-refractivity contribution in [3.8, 4) is 0 Å². The Morgan fingerprint density at radius 2 is 1.89 bits per heavy atom. The lowest BCUT2D eigenvalue weighted by molar-refractivity contribution is 0.426. The molecule has 0 bridgehead atoms. The molecule has 0 aromatic rings. The Morgan fingerprint density at radius 3 is 2.42 bits per heavy atom. The normalized spacial score (nSPS) is 18.2. The van der Waals surface area contributed by atoms with Crippen LogP contribution in [0.5, 0.6) is 0 Å². The van der Waals surface area contributed by atoms with Gasteiger partial charge in [0.1, 0.15) is 0 Å². The van der Waals surface area contributed by atoms with Crippen LogP contribution in [-0.2, 0) is 10.2 Å². The first-order chi connectivity index (χ1) is 8.83. The predicted octanol–water partition coefficient (Wildman–Crippen LogP) is 1.19. The molecule has 1 fully saturated rings. The highest BCUT2D eigenvalue weighted by atomic mass is 32.2. The van der Waals surface area contributed by atoms with E-state index in [1.807, 2.05) is 0 Å². The van der Waals surface area contributed by atoms with E-state index in [2.05, 4.69) is 30.8 Å². The van der Waals surface area contributed by atoms with Crippen molar-refractivity contribution in [2.24, 2.45) is 11.8 Å². The monoisotopic (exact) mass is 291 g/mol. The second-order valence-electron chi connectivity index (χ2n) is 5.95. The summed E-state index contributed by atoms with van der Waals surface area (Å²) in [5.41, 5.74) is 0. The summed E-state index contributed by atoms with van der Waals surface area (Å²) in [4.78, 5) is 0. The molecule has 1 rings (SSSR count). The number of nitrogens with zero attached hydrogens (tertiary/aromatic N) is 1. The molecule has 0 saturated heterocycles. The second-order valence-corrected chi connectivity index (χ2v) is 7.81. The van der Waals surface area contributed by atoms with Crippen LogP contribution in [0.15, 0.2) is 0 Å². The molecule has 1 aliphatic rings. The van der Waals surface area contributed by atoms with E-state index in [1.165, 1.54) is 17.1 Å². The molecule has 0 spiro atoms. The SMILES string of the molecule is CC(C)NCCCN(C)S(=O)(=O)NCC(C)C1CC1. The number of rotatable bonds is 10. The Morgan fingerprint density at radius 1 is 1.26 bits per heavy atom. The van der Waals surface area contributed by atoms with E-state index in [9.17, 15) is 8.42 Å². The molecule has 1 unspecified atom stereocenters. The van der Waals surface area contributed by atoms with Crippen LogP contribution >= 0.6 is 0 Å². The molecule has 5 nitrogen and oxygen atoms in total. The average Bonchev–Trinajstić information content (AvgIpc) is 3.15. The van der Waals surface area contributed by atoms with Crippen molar-refractivity contribution in [1.82, 2.24) is 14.3 Å². The summed E-state index contributed by atoms with van der Waals surface area (Å²) < 4.78 is 28.1. The van der Waals surface area contributed by atoms with Crippen LogP contribution in [-0.4, -0.2) is 45.4 Å². The third-order valence-corrected chi connectivity index (χ3v) is 5.16. The van der Waals surface area contributed by atoms with Crippen molar-refractivity contribution in [2.75, 3.05) is 26.7 Å². The molecule has 1 atom stereocenters. The standard InChI is InChI=1S/C13H29N3O2S/c1-11(2)14-8-5-9-16(4)19(17,18)15-10-12(3)13-6-7-13/h11-15H,5-10H2,1-4H3. The van der Waals surface area contributed by atoms with Crippen molar-refractivity contribution < 1.29 is 8.42 Å². The summed E-state index contributed by atoms with van der Waals surface area (Å²) in [6.45, 7) is 8.24. The molecule has 1 aliphatic carbocycles. The molecule has 0 amide bonds. The topological polar surface area (TPSA) is 61.4 Å². The molecule has 0 heterocycles. The lowest BCUT2D eigenvalue weighted by Crippen LogP contribution is -2.41. The maximum Gasteiger partial charge on any atom is 0.279 e. The van der Waals surface area contributed by atoms with E-state index in [-0.39, 0.29) is 0 Å². The summed E-state index contributed by atoms with van der Waals surface area (Å²) in [5.74, 6) is 1.18. The third-order valence-electron chi connectivity index (χ3n) is 3.63. The van der Waals surface area contributed by atoms with Gasteiger partial charge in [-0.3, -0.25) is 0 Å². The first-order valence-electron chi connectivity index (χ1n) is 7.27. The third kappa shape index (κ3) is 6.70. The molecule has 0 aliphatic heterocycles. The van der Waals surface area contributed by atoms with Crippen molar-refractivity contribution in [3.05, 3.63) is 0 Å². The smallest absolute Gasteiger partial charge is 0.279 e. The van der Waals surface area contributed by atoms with Gasteiger partial charge in [-0.2, -0.15) is 12.7 Å². The van der Waals surface area contributed by atoms with Crippen molar-refractivity contribution in [2.45, 2.75) is 46.1 Å². The van der Waals surface area contributed by atoms with Gasteiger partial charge >= 0.3 is 0 Å². The van der Waals surface area contributed by atoms with Crippen LogP contribution in [0.2, 0.25) is 0 Å². The largest absolute Gasteiger partial charge is 0.314 e. The maximum atomic E-state index is 12.0. The first kappa shape index (κ1) is 16.9. The predicted molar refractivity (Wildman–Crippen MR) is 79.2 cm³/mol. The second kappa shape index (κ2) is 7.57. The van der Waals surface area contributed by atoms with Crippen molar-refractivity contribution in [3.63, 3.8) is 0 Å². The number of nitrogens with one attached hydrogen (secondary N) is 2. The fourth-order valence-corrected chi connectivity index (χ4v) is 3.05. The molecule has 0 aromatic carbocycles. The Labute approximate surface area is 118 Å². The minimum absolute atomic E-state index is 0.444. The van der Waals surface area contributed by atoms with Gasteiger partial charge in [0.05, 0.1) is 0 Å². The van der Waals surface area contributed by atoms with Crippen LogP contribution in [0.1, 0.15) is 40.0 Å². The zero-order valence-corrected chi connectivity index (χ0v) is 13.5. The van der Waals surface area contributed by atoms with Gasteiger partial charge in [-0.05, 0) is 37.6 Å². The van der Waals surface area contributed by atoms with Crippen LogP contribution in [0.25, 0.3) is 0 Å². The summed E-state index contributed by atoms with van der Waals surface area (Å²) >= 11 is 0. The average molecular weight is 291 g/mol. The van der Waals surface area contributed by atoms with Gasteiger partial charge in [-0.15, -0.1) is 0 Å². The molecule has 114 valence electrons. The maximum absolute atomic E-state index is 12.0. The van der Waals surface area contributed by atoms with Gasteiger partial charge in [0.25, 0.3) is 10.2 Å². The Kier molecular flexibility index (Phi) is 6.73. The van der Waals surface area contributed by atoms with E-state index < -0.39 is 10.2 Å². The molecular weight excluding hydrogens is 262 g/mol. The highest BCUT2D eigenvalue weighted by Gasteiger charge is 2.29. The lowest BCUT2D eigenvalue weighted by Gasteiger charge is -2.19. The zero-order chi connectivity index (χ0) is 14.5. The number of hydrogen-bond acceptors (Lipinski definition) is 3. The highest BCUT2D eigenvalue weighted by Crippen LogP contribution is 2.36. The van der Waals surface area contributed by atoms with Crippen LogP contribution < -0.4 is 10.0 Å². The van der Waals surface area contributed by atoms with E-state index in [4.69, 9.17) is 0 Å². The van der Waals surface area contributed by atoms with E-state index in [1.54, 1.807) is 7.05 Å². The van der Waals surface area contributed by atoms with Gasteiger partial charge < -0.3 is 5.32 Å². The van der Waals surface area contributed by atoms with Crippen molar-refractivity contribution >= 4 is 10.2 Å². The van der Waals surface area contributed by atoms with E-state index in [0.717, 1.165) is 18.9 Å².